The van der Waals surface area contributed by atoms with E-state index in [2.05, 4.69) is 16.7 Å². The van der Waals surface area contributed by atoms with Crippen LogP contribution >= 0.6 is 0 Å². The number of rotatable bonds is 8. The van der Waals surface area contributed by atoms with E-state index in [1.165, 1.54) is 6.92 Å². The van der Waals surface area contributed by atoms with Gasteiger partial charge in [-0.2, -0.15) is 0 Å². The van der Waals surface area contributed by atoms with E-state index >= 15 is 0 Å². The molecule has 1 aliphatic heterocycles. The molecule has 0 radical (unpaired) electrons. The minimum absolute atomic E-state index is 0.156. The SMILES string of the molecule is CC(=O)N[C@@H](Cc1cccc(-c2ccccc2)c1)[C@H](O)[C@@H]1NCCN(Cc2ccccc2)C1=O. The number of amides is 2. The van der Waals surface area contributed by atoms with Gasteiger partial charge in [-0.25, -0.2) is 0 Å². The molecule has 0 aromatic heterocycles. The number of benzene rings is 3. The summed E-state index contributed by atoms with van der Waals surface area (Å²) < 4.78 is 0. The highest BCUT2D eigenvalue weighted by atomic mass is 16.3. The molecule has 1 aliphatic rings. The Balaban J connectivity index is 1.51. The minimum Gasteiger partial charge on any atom is -0.389 e. The number of nitrogens with one attached hydrogen (secondary N) is 2. The first-order valence-electron chi connectivity index (χ1n) is 11.7. The van der Waals surface area contributed by atoms with Gasteiger partial charge in [-0.15, -0.1) is 0 Å². The van der Waals surface area contributed by atoms with Crippen molar-refractivity contribution in [3.8, 4) is 11.1 Å². The van der Waals surface area contributed by atoms with Crippen molar-refractivity contribution in [2.45, 2.75) is 38.1 Å². The summed E-state index contributed by atoms with van der Waals surface area (Å²) in [7, 11) is 0. The molecule has 6 heteroatoms. The lowest BCUT2D eigenvalue weighted by molar-refractivity contribution is -0.141. The number of hydrogen-bond acceptors (Lipinski definition) is 4. The van der Waals surface area contributed by atoms with Gasteiger partial charge in [-0.1, -0.05) is 84.9 Å². The second-order valence-electron chi connectivity index (χ2n) is 8.75. The predicted molar refractivity (Wildman–Crippen MR) is 133 cm³/mol. The zero-order chi connectivity index (χ0) is 23.9. The van der Waals surface area contributed by atoms with E-state index in [0.717, 1.165) is 22.3 Å². The number of carbonyl (C=O) groups excluding carboxylic acids is 2. The molecule has 6 nitrogen and oxygen atoms in total. The standard InChI is InChI=1S/C28H31N3O3/c1-20(32)30-25(18-22-11-8-14-24(17-22)23-12-6-3-7-13-23)27(33)26-28(34)31(16-15-29-26)19-21-9-4-2-5-10-21/h2-14,17,25-27,29,33H,15-16,18-19H2,1H3,(H,30,32)/t25-,26-,27-/m0/s1. The molecular formula is C28H31N3O3. The minimum atomic E-state index is -1.07. The third-order valence-corrected chi connectivity index (χ3v) is 6.17. The van der Waals surface area contributed by atoms with Crippen LogP contribution in [0.1, 0.15) is 18.1 Å². The summed E-state index contributed by atoms with van der Waals surface area (Å²) in [4.78, 5) is 27.0. The number of carbonyl (C=O) groups is 2. The molecule has 34 heavy (non-hydrogen) atoms. The maximum Gasteiger partial charge on any atom is 0.242 e. The topological polar surface area (TPSA) is 81.7 Å². The van der Waals surface area contributed by atoms with Crippen molar-refractivity contribution < 1.29 is 14.7 Å². The van der Waals surface area contributed by atoms with Gasteiger partial charge >= 0.3 is 0 Å². The summed E-state index contributed by atoms with van der Waals surface area (Å²) in [5, 5.41) is 17.3. The molecule has 4 rings (SSSR count). The van der Waals surface area contributed by atoms with Crippen LogP contribution in [0.4, 0.5) is 0 Å². The zero-order valence-corrected chi connectivity index (χ0v) is 19.4. The van der Waals surface area contributed by atoms with E-state index in [4.69, 9.17) is 0 Å². The molecule has 0 spiro atoms. The fourth-order valence-electron chi connectivity index (χ4n) is 4.49. The van der Waals surface area contributed by atoms with Gasteiger partial charge in [0.15, 0.2) is 0 Å². The smallest absolute Gasteiger partial charge is 0.242 e. The third-order valence-electron chi connectivity index (χ3n) is 6.17. The number of piperazine rings is 1. The summed E-state index contributed by atoms with van der Waals surface area (Å²) >= 11 is 0. The Kier molecular flexibility index (Phi) is 7.72. The lowest BCUT2D eigenvalue weighted by Gasteiger charge is -2.38. The highest BCUT2D eigenvalue weighted by molar-refractivity contribution is 5.83. The van der Waals surface area contributed by atoms with E-state index < -0.39 is 18.2 Å². The highest BCUT2D eigenvalue weighted by Crippen LogP contribution is 2.22. The van der Waals surface area contributed by atoms with E-state index in [1.807, 2.05) is 78.9 Å². The van der Waals surface area contributed by atoms with Crippen molar-refractivity contribution in [2.75, 3.05) is 13.1 Å². The molecule has 0 unspecified atom stereocenters. The van der Waals surface area contributed by atoms with Crippen LogP contribution in [-0.4, -0.2) is 53.1 Å². The van der Waals surface area contributed by atoms with Crippen molar-refractivity contribution in [2.24, 2.45) is 0 Å². The molecule has 0 aliphatic carbocycles. The summed E-state index contributed by atoms with van der Waals surface area (Å²) in [6.07, 6.45) is -0.665. The zero-order valence-electron chi connectivity index (χ0n) is 19.4. The Morgan fingerprint density at radius 3 is 2.35 bits per heavy atom. The fraction of sp³-hybridized carbons (Fsp3) is 0.286. The van der Waals surface area contributed by atoms with Crippen LogP contribution in [0.3, 0.4) is 0 Å². The van der Waals surface area contributed by atoms with Gasteiger partial charge in [-0.05, 0) is 28.7 Å². The lowest BCUT2D eigenvalue weighted by atomic mass is 9.93. The predicted octanol–water partition coefficient (Wildman–Crippen LogP) is 2.76. The second-order valence-corrected chi connectivity index (χ2v) is 8.75. The molecule has 3 atom stereocenters. The number of aliphatic hydroxyl groups is 1. The van der Waals surface area contributed by atoms with Gasteiger partial charge in [0, 0.05) is 26.6 Å². The Morgan fingerprint density at radius 2 is 1.65 bits per heavy atom. The van der Waals surface area contributed by atoms with Crippen LogP contribution in [0.5, 0.6) is 0 Å². The molecule has 1 fully saturated rings. The van der Waals surface area contributed by atoms with Gasteiger partial charge in [0.05, 0.1) is 12.1 Å². The summed E-state index contributed by atoms with van der Waals surface area (Å²) in [5.74, 6) is -0.399. The van der Waals surface area contributed by atoms with Gasteiger partial charge < -0.3 is 20.6 Å². The molecule has 1 heterocycles. The molecule has 176 valence electrons. The van der Waals surface area contributed by atoms with Gasteiger partial charge in [-0.3, -0.25) is 9.59 Å². The molecule has 1 saturated heterocycles. The van der Waals surface area contributed by atoms with Crippen LogP contribution in [0.2, 0.25) is 0 Å². The Labute approximate surface area is 200 Å². The molecule has 3 aromatic rings. The number of hydrogen-bond donors (Lipinski definition) is 3. The van der Waals surface area contributed by atoms with E-state index in [1.54, 1.807) is 4.90 Å². The quantitative estimate of drug-likeness (QED) is 0.486. The van der Waals surface area contributed by atoms with E-state index in [-0.39, 0.29) is 11.8 Å². The van der Waals surface area contributed by atoms with Crippen LogP contribution in [-0.2, 0) is 22.6 Å². The van der Waals surface area contributed by atoms with E-state index in [0.29, 0.717) is 26.1 Å². The van der Waals surface area contributed by atoms with Crippen molar-refractivity contribution >= 4 is 11.8 Å². The number of aliphatic hydroxyl groups excluding tert-OH is 1. The average Bonchev–Trinajstić information content (AvgIpc) is 2.86. The van der Waals surface area contributed by atoms with Crippen LogP contribution in [0.25, 0.3) is 11.1 Å². The maximum absolute atomic E-state index is 13.2. The molecular weight excluding hydrogens is 426 g/mol. The van der Waals surface area contributed by atoms with Gasteiger partial charge in [0.2, 0.25) is 11.8 Å². The van der Waals surface area contributed by atoms with Crippen LogP contribution in [0.15, 0.2) is 84.9 Å². The van der Waals surface area contributed by atoms with Crippen LogP contribution < -0.4 is 10.6 Å². The molecule has 0 saturated carbocycles. The first kappa shape index (κ1) is 23.7. The fourth-order valence-corrected chi connectivity index (χ4v) is 4.49. The van der Waals surface area contributed by atoms with Gasteiger partial charge in [0.1, 0.15) is 6.04 Å². The van der Waals surface area contributed by atoms with Gasteiger partial charge in [0.25, 0.3) is 0 Å². The molecule has 0 bridgehead atoms. The largest absolute Gasteiger partial charge is 0.389 e. The summed E-state index contributed by atoms with van der Waals surface area (Å²) in [6.45, 7) is 3.07. The monoisotopic (exact) mass is 457 g/mol. The van der Waals surface area contributed by atoms with Crippen molar-refractivity contribution in [3.05, 3.63) is 96.1 Å². The van der Waals surface area contributed by atoms with Crippen molar-refractivity contribution in [1.29, 1.82) is 0 Å². The molecule has 3 aromatic carbocycles. The van der Waals surface area contributed by atoms with Crippen molar-refractivity contribution in [1.82, 2.24) is 15.5 Å². The molecule has 3 N–H and O–H groups in total. The first-order valence-corrected chi connectivity index (χ1v) is 11.7. The lowest BCUT2D eigenvalue weighted by Crippen LogP contribution is -2.63. The Morgan fingerprint density at radius 1 is 1.00 bits per heavy atom. The van der Waals surface area contributed by atoms with Crippen molar-refractivity contribution in [3.63, 3.8) is 0 Å². The Hall–Kier alpha value is -3.48. The molecule has 2 amide bonds. The van der Waals surface area contributed by atoms with E-state index in [9.17, 15) is 14.7 Å². The third kappa shape index (κ3) is 5.90. The average molecular weight is 458 g/mol. The Bertz CT molecular complexity index is 1100. The summed E-state index contributed by atoms with van der Waals surface area (Å²) in [5.41, 5.74) is 4.18. The van der Waals surface area contributed by atoms with Crippen LogP contribution in [0, 0.1) is 0 Å². The second kappa shape index (κ2) is 11.1. The normalized spacial score (nSPS) is 17.8. The summed E-state index contributed by atoms with van der Waals surface area (Å²) in [6, 6.07) is 26.5. The first-order chi connectivity index (χ1) is 16.5. The highest BCUT2D eigenvalue weighted by Gasteiger charge is 2.38. The number of nitrogens with zero attached hydrogens (tertiary/aromatic N) is 1. The maximum atomic E-state index is 13.2.